The van der Waals surface area contributed by atoms with Crippen molar-refractivity contribution in [3.05, 3.63) is 41.6 Å². The molecule has 1 aromatic heterocycles. The predicted octanol–water partition coefficient (Wildman–Crippen LogP) is 4.07. The summed E-state index contributed by atoms with van der Waals surface area (Å²) in [6, 6.07) is 10.5. The van der Waals surface area contributed by atoms with Crippen molar-refractivity contribution in [2.75, 3.05) is 6.61 Å². The first kappa shape index (κ1) is 14.7. The molecule has 1 saturated carbocycles. The Morgan fingerprint density at radius 1 is 1.35 bits per heavy atom. The van der Waals surface area contributed by atoms with Gasteiger partial charge in [-0.25, -0.2) is 0 Å². The van der Waals surface area contributed by atoms with Gasteiger partial charge in [0.25, 0.3) is 0 Å². The van der Waals surface area contributed by atoms with Crippen LogP contribution in [-0.4, -0.2) is 17.6 Å². The largest absolute Gasteiger partial charge is 0.466 e. The van der Waals surface area contributed by atoms with Crippen LogP contribution in [0.2, 0.25) is 0 Å². The van der Waals surface area contributed by atoms with E-state index in [1.807, 2.05) is 19.1 Å². The van der Waals surface area contributed by atoms with Gasteiger partial charge in [0.15, 0.2) is 0 Å². The normalized spacial score (nSPS) is 26.4. The fourth-order valence-electron chi connectivity index (χ4n) is 4.56. The number of ether oxygens (including phenoxy) is 1. The molecule has 23 heavy (non-hydrogen) atoms. The molecule has 0 unspecified atom stereocenters. The van der Waals surface area contributed by atoms with E-state index in [2.05, 4.69) is 18.2 Å². The zero-order valence-electron chi connectivity index (χ0n) is 13.7. The van der Waals surface area contributed by atoms with Gasteiger partial charge >= 0.3 is 5.97 Å². The topological polar surface area (TPSA) is 39.2 Å². The van der Waals surface area contributed by atoms with E-state index in [9.17, 15) is 4.79 Å². The van der Waals surface area contributed by atoms with Gasteiger partial charge in [0, 0.05) is 11.1 Å². The summed E-state index contributed by atoms with van der Waals surface area (Å²) >= 11 is 0. The maximum Gasteiger partial charge on any atom is 0.312 e. The van der Waals surface area contributed by atoms with Crippen molar-refractivity contribution in [3.8, 4) is 0 Å². The number of carbonyl (C=O) groups excluding carboxylic acids is 1. The van der Waals surface area contributed by atoms with Crippen LogP contribution in [-0.2, 0) is 22.4 Å². The number of aromatic nitrogens is 1. The standard InChI is InChI=1S/C20H23NO2/c1-2-23-19(22)20-10-6-5-8-16(20)12-18-15(13-20)11-14-7-3-4-9-17(14)21-18/h3-4,7,9,11,16H,2,5-6,8,10,12-13H2,1H3/t16-,20-/m1/s1. The first-order valence-electron chi connectivity index (χ1n) is 8.78. The maximum absolute atomic E-state index is 12.8. The molecule has 0 N–H and O–H groups in total. The molecule has 2 atom stereocenters. The fourth-order valence-corrected chi connectivity index (χ4v) is 4.56. The van der Waals surface area contributed by atoms with Crippen molar-refractivity contribution in [1.82, 2.24) is 4.98 Å². The van der Waals surface area contributed by atoms with E-state index in [0.717, 1.165) is 37.6 Å². The zero-order chi connectivity index (χ0) is 15.9. The summed E-state index contributed by atoms with van der Waals surface area (Å²) < 4.78 is 5.48. The lowest BCUT2D eigenvalue weighted by Crippen LogP contribution is -2.47. The SMILES string of the molecule is CCOC(=O)[C@@]12CCCC[C@@H]1Cc1nc3ccccc3cc1C2. The van der Waals surface area contributed by atoms with E-state index in [1.54, 1.807) is 0 Å². The number of carbonyl (C=O) groups is 1. The van der Waals surface area contributed by atoms with Gasteiger partial charge in [0.2, 0.25) is 0 Å². The summed E-state index contributed by atoms with van der Waals surface area (Å²) in [4.78, 5) is 17.7. The summed E-state index contributed by atoms with van der Waals surface area (Å²) in [5, 5.41) is 1.17. The summed E-state index contributed by atoms with van der Waals surface area (Å²) in [7, 11) is 0. The number of esters is 1. The van der Waals surface area contributed by atoms with Crippen molar-refractivity contribution in [2.24, 2.45) is 11.3 Å². The van der Waals surface area contributed by atoms with Gasteiger partial charge in [-0.1, -0.05) is 31.0 Å². The van der Waals surface area contributed by atoms with Crippen LogP contribution in [0.5, 0.6) is 0 Å². The Bertz CT molecular complexity index is 754. The zero-order valence-corrected chi connectivity index (χ0v) is 13.7. The van der Waals surface area contributed by atoms with Crippen molar-refractivity contribution in [3.63, 3.8) is 0 Å². The monoisotopic (exact) mass is 309 g/mol. The van der Waals surface area contributed by atoms with Crippen LogP contribution in [0.25, 0.3) is 10.9 Å². The molecule has 3 heteroatoms. The molecule has 0 radical (unpaired) electrons. The van der Waals surface area contributed by atoms with E-state index in [4.69, 9.17) is 9.72 Å². The molecule has 0 amide bonds. The smallest absolute Gasteiger partial charge is 0.312 e. The van der Waals surface area contributed by atoms with E-state index in [-0.39, 0.29) is 11.4 Å². The highest BCUT2D eigenvalue weighted by molar-refractivity contribution is 5.82. The van der Waals surface area contributed by atoms with Crippen LogP contribution >= 0.6 is 0 Å². The highest BCUT2D eigenvalue weighted by atomic mass is 16.5. The summed E-state index contributed by atoms with van der Waals surface area (Å²) in [5.74, 6) is 0.403. The third kappa shape index (κ3) is 2.34. The molecule has 0 bridgehead atoms. The molecule has 2 aromatic rings. The minimum Gasteiger partial charge on any atom is -0.466 e. The summed E-state index contributed by atoms with van der Waals surface area (Å²) in [6.45, 7) is 2.37. The Labute approximate surface area is 137 Å². The molecule has 2 aliphatic carbocycles. The summed E-state index contributed by atoms with van der Waals surface area (Å²) in [5.41, 5.74) is 3.18. The van der Waals surface area contributed by atoms with Gasteiger partial charge in [-0.2, -0.15) is 0 Å². The van der Waals surface area contributed by atoms with Crippen molar-refractivity contribution in [1.29, 1.82) is 0 Å². The number of rotatable bonds is 2. The molecule has 0 spiro atoms. The molecule has 0 aliphatic heterocycles. The van der Waals surface area contributed by atoms with Crippen LogP contribution in [0, 0.1) is 11.3 Å². The summed E-state index contributed by atoms with van der Waals surface area (Å²) in [6.07, 6.45) is 6.14. The molecule has 120 valence electrons. The number of pyridine rings is 1. The fraction of sp³-hybridized carbons (Fsp3) is 0.500. The van der Waals surface area contributed by atoms with Crippen LogP contribution in [0.4, 0.5) is 0 Å². The number of fused-ring (bicyclic) bond motifs is 3. The van der Waals surface area contributed by atoms with Gasteiger partial charge in [-0.15, -0.1) is 0 Å². The number of para-hydroxylation sites is 1. The highest BCUT2D eigenvalue weighted by Crippen LogP contribution is 2.50. The molecule has 1 aromatic carbocycles. The second-order valence-electron chi connectivity index (χ2n) is 6.99. The average Bonchev–Trinajstić information content (AvgIpc) is 2.58. The Kier molecular flexibility index (Phi) is 3.59. The molecule has 1 fully saturated rings. The number of hydrogen-bond donors (Lipinski definition) is 0. The molecular formula is C20H23NO2. The molecule has 1 heterocycles. The van der Waals surface area contributed by atoms with E-state index < -0.39 is 0 Å². The molecule has 3 nitrogen and oxygen atoms in total. The van der Waals surface area contributed by atoms with Crippen LogP contribution < -0.4 is 0 Å². The van der Waals surface area contributed by atoms with E-state index in [0.29, 0.717) is 12.5 Å². The minimum absolute atomic E-state index is 0.0171. The van der Waals surface area contributed by atoms with Gasteiger partial charge in [-0.3, -0.25) is 9.78 Å². The minimum atomic E-state index is -0.314. The Morgan fingerprint density at radius 3 is 3.09 bits per heavy atom. The van der Waals surface area contributed by atoms with E-state index in [1.165, 1.54) is 23.1 Å². The number of benzene rings is 1. The highest BCUT2D eigenvalue weighted by Gasteiger charge is 2.50. The third-order valence-electron chi connectivity index (χ3n) is 5.73. The third-order valence-corrected chi connectivity index (χ3v) is 5.73. The van der Waals surface area contributed by atoms with Gasteiger partial charge < -0.3 is 4.74 Å². The second kappa shape index (κ2) is 5.63. The lowest BCUT2D eigenvalue weighted by molar-refractivity contribution is -0.162. The quantitative estimate of drug-likeness (QED) is 0.785. The second-order valence-corrected chi connectivity index (χ2v) is 6.99. The molecule has 4 rings (SSSR count). The Hall–Kier alpha value is -1.90. The van der Waals surface area contributed by atoms with E-state index >= 15 is 0 Å². The van der Waals surface area contributed by atoms with Crippen LogP contribution in [0.15, 0.2) is 30.3 Å². The lowest BCUT2D eigenvalue weighted by Gasteiger charge is -2.45. The average molecular weight is 309 g/mol. The van der Waals surface area contributed by atoms with Gasteiger partial charge in [-0.05, 0) is 56.2 Å². The first-order chi connectivity index (χ1) is 11.2. The lowest BCUT2D eigenvalue weighted by atomic mass is 9.59. The molecule has 0 saturated heterocycles. The Balaban J connectivity index is 1.79. The first-order valence-corrected chi connectivity index (χ1v) is 8.78. The maximum atomic E-state index is 12.8. The molecule has 2 aliphatic rings. The van der Waals surface area contributed by atoms with Gasteiger partial charge in [0.1, 0.15) is 0 Å². The predicted molar refractivity (Wildman–Crippen MR) is 90.2 cm³/mol. The molecular weight excluding hydrogens is 286 g/mol. The van der Waals surface area contributed by atoms with Crippen molar-refractivity contribution < 1.29 is 9.53 Å². The number of hydrogen-bond acceptors (Lipinski definition) is 3. The number of nitrogens with zero attached hydrogens (tertiary/aromatic N) is 1. The van der Waals surface area contributed by atoms with Gasteiger partial charge in [0.05, 0.1) is 17.5 Å². The van der Waals surface area contributed by atoms with Crippen molar-refractivity contribution >= 4 is 16.9 Å². The Morgan fingerprint density at radius 2 is 2.22 bits per heavy atom. The van der Waals surface area contributed by atoms with Crippen LogP contribution in [0.1, 0.15) is 43.9 Å². The van der Waals surface area contributed by atoms with Crippen molar-refractivity contribution in [2.45, 2.75) is 45.4 Å². The van der Waals surface area contributed by atoms with Crippen LogP contribution in [0.3, 0.4) is 0 Å².